The van der Waals surface area contributed by atoms with E-state index in [0.717, 1.165) is 16.3 Å². The molecule has 0 atom stereocenters. The summed E-state index contributed by atoms with van der Waals surface area (Å²) in [5, 5.41) is 1.95. The Balaban J connectivity index is 2.20. The highest BCUT2D eigenvalue weighted by Gasteiger charge is 2.11. The molecule has 2 heteroatoms. The van der Waals surface area contributed by atoms with Crippen LogP contribution >= 0.6 is 15.9 Å². The van der Waals surface area contributed by atoms with E-state index >= 15 is 0 Å². The van der Waals surface area contributed by atoms with Crippen molar-refractivity contribution in [3.63, 3.8) is 0 Å². The lowest BCUT2D eigenvalue weighted by Crippen LogP contribution is -1.85. The molecule has 0 amide bonds. The van der Waals surface area contributed by atoms with Gasteiger partial charge in [0, 0.05) is 5.56 Å². The lowest BCUT2D eigenvalue weighted by atomic mass is 10.0. The molecule has 0 nitrogen and oxygen atoms in total. The summed E-state index contributed by atoms with van der Waals surface area (Å²) in [4.78, 5) is 0. The van der Waals surface area contributed by atoms with Gasteiger partial charge >= 0.3 is 0 Å². The van der Waals surface area contributed by atoms with Gasteiger partial charge in [0.05, 0.1) is 4.48 Å². The quantitative estimate of drug-likeness (QED) is 0.504. The van der Waals surface area contributed by atoms with Crippen LogP contribution < -0.4 is 0 Å². The van der Waals surface area contributed by atoms with Gasteiger partial charge in [-0.05, 0) is 32.3 Å². The molecule has 0 unspecified atom stereocenters. The second-order valence-corrected chi connectivity index (χ2v) is 5.31. The van der Waals surface area contributed by atoms with Crippen molar-refractivity contribution < 1.29 is 4.39 Å². The Morgan fingerprint density at radius 3 is 2.20 bits per heavy atom. The molecule has 20 heavy (non-hydrogen) atoms. The van der Waals surface area contributed by atoms with Crippen LogP contribution in [0, 0.1) is 0 Å². The van der Waals surface area contributed by atoms with Crippen molar-refractivity contribution in [1.29, 1.82) is 0 Å². The van der Waals surface area contributed by atoms with Crippen LogP contribution in [0.15, 0.2) is 72.8 Å². The first-order valence-electron chi connectivity index (χ1n) is 6.36. The van der Waals surface area contributed by atoms with Crippen molar-refractivity contribution in [3.05, 3.63) is 83.9 Å². The molecular formula is C18H12BrF. The van der Waals surface area contributed by atoms with Crippen LogP contribution in [0.25, 0.3) is 21.1 Å². The van der Waals surface area contributed by atoms with Gasteiger partial charge in [-0.3, -0.25) is 0 Å². The normalized spacial score (nSPS) is 12.3. The number of fused-ring (bicyclic) bond motifs is 1. The fourth-order valence-corrected chi connectivity index (χ4v) is 2.72. The summed E-state index contributed by atoms with van der Waals surface area (Å²) >= 11 is 3.38. The minimum Gasteiger partial charge on any atom is -0.205 e. The molecule has 0 bridgehead atoms. The van der Waals surface area contributed by atoms with Gasteiger partial charge in [-0.25, -0.2) is 4.39 Å². The zero-order chi connectivity index (χ0) is 13.9. The van der Waals surface area contributed by atoms with Crippen molar-refractivity contribution in [2.75, 3.05) is 0 Å². The van der Waals surface area contributed by atoms with Gasteiger partial charge in [0.2, 0.25) is 0 Å². The van der Waals surface area contributed by atoms with E-state index in [9.17, 15) is 4.39 Å². The number of hydrogen-bond donors (Lipinski definition) is 0. The number of halogens is 2. The van der Waals surface area contributed by atoms with Gasteiger partial charge in [0.1, 0.15) is 5.83 Å². The maximum atomic E-state index is 14.8. The van der Waals surface area contributed by atoms with E-state index < -0.39 is 0 Å². The molecule has 0 heterocycles. The number of rotatable bonds is 2. The molecule has 98 valence electrons. The molecule has 0 fully saturated rings. The molecule has 0 saturated carbocycles. The molecule has 0 radical (unpaired) electrons. The summed E-state index contributed by atoms with van der Waals surface area (Å²) in [6.07, 6.45) is 0. The largest absolute Gasteiger partial charge is 0.205 e. The van der Waals surface area contributed by atoms with Gasteiger partial charge in [0.25, 0.3) is 0 Å². The van der Waals surface area contributed by atoms with Gasteiger partial charge in [-0.15, -0.1) is 0 Å². The molecule has 0 N–H and O–H groups in total. The van der Waals surface area contributed by atoms with E-state index in [1.165, 1.54) is 0 Å². The van der Waals surface area contributed by atoms with Crippen LogP contribution in [0.5, 0.6) is 0 Å². The van der Waals surface area contributed by atoms with Crippen LogP contribution in [-0.4, -0.2) is 0 Å². The molecule has 0 aliphatic heterocycles. The van der Waals surface area contributed by atoms with Crippen LogP contribution in [-0.2, 0) is 0 Å². The van der Waals surface area contributed by atoms with E-state index in [2.05, 4.69) is 15.9 Å². The van der Waals surface area contributed by atoms with Gasteiger partial charge in [-0.1, -0.05) is 72.8 Å². The zero-order valence-electron chi connectivity index (χ0n) is 10.7. The Morgan fingerprint density at radius 2 is 1.40 bits per heavy atom. The second-order valence-electron chi connectivity index (χ2n) is 4.52. The lowest BCUT2D eigenvalue weighted by Gasteiger charge is -2.07. The molecule has 3 aromatic rings. The Labute approximate surface area is 125 Å². The Hall–Kier alpha value is -1.93. The van der Waals surface area contributed by atoms with Crippen molar-refractivity contribution in [2.24, 2.45) is 0 Å². The van der Waals surface area contributed by atoms with E-state index in [1.54, 1.807) is 0 Å². The van der Waals surface area contributed by atoms with Crippen LogP contribution in [0.4, 0.5) is 4.39 Å². The third-order valence-corrected chi connectivity index (χ3v) is 4.05. The predicted molar refractivity (Wildman–Crippen MR) is 87.2 cm³/mol. The average Bonchev–Trinajstić information content (AvgIpc) is 2.54. The second kappa shape index (κ2) is 5.59. The summed E-state index contributed by atoms with van der Waals surface area (Å²) in [5.74, 6) is -0.243. The molecular weight excluding hydrogens is 315 g/mol. The summed E-state index contributed by atoms with van der Waals surface area (Å²) in [7, 11) is 0. The zero-order valence-corrected chi connectivity index (χ0v) is 12.3. The standard InChI is InChI=1S/C18H12BrF/c19-17(14-8-2-1-3-9-14)18(20)16-12-6-10-13-7-4-5-11-15(13)16/h1-12H/b18-17-. The van der Waals surface area contributed by atoms with Gasteiger partial charge in [-0.2, -0.15) is 0 Å². The minimum absolute atomic E-state index is 0.243. The van der Waals surface area contributed by atoms with Crippen molar-refractivity contribution in [3.8, 4) is 0 Å². The number of benzene rings is 3. The highest BCUT2D eigenvalue weighted by molar-refractivity contribution is 9.15. The van der Waals surface area contributed by atoms with Crippen LogP contribution in [0.1, 0.15) is 11.1 Å². The molecule has 0 aromatic heterocycles. The fourth-order valence-electron chi connectivity index (χ4n) is 2.25. The highest BCUT2D eigenvalue weighted by atomic mass is 79.9. The van der Waals surface area contributed by atoms with Crippen molar-refractivity contribution in [1.82, 2.24) is 0 Å². The predicted octanol–water partition coefficient (Wildman–Crippen LogP) is 6.03. The molecule has 3 aromatic carbocycles. The SMILES string of the molecule is F/C(=C(\Br)c1ccccc1)c1cccc2ccccc12. The first kappa shape index (κ1) is 13.1. The van der Waals surface area contributed by atoms with Crippen molar-refractivity contribution >= 4 is 37.0 Å². The van der Waals surface area contributed by atoms with E-state index in [1.807, 2.05) is 72.8 Å². The summed E-state index contributed by atoms with van der Waals surface area (Å²) in [6.45, 7) is 0. The number of hydrogen-bond acceptors (Lipinski definition) is 0. The lowest BCUT2D eigenvalue weighted by molar-refractivity contribution is 0.766. The smallest absolute Gasteiger partial charge is 0.145 e. The van der Waals surface area contributed by atoms with Crippen LogP contribution in [0.2, 0.25) is 0 Å². The molecule has 3 rings (SSSR count). The molecule has 0 aliphatic rings. The molecule has 0 saturated heterocycles. The first-order chi connectivity index (χ1) is 9.77. The van der Waals surface area contributed by atoms with Crippen LogP contribution in [0.3, 0.4) is 0 Å². The molecule has 0 spiro atoms. The topological polar surface area (TPSA) is 0 Å². The minimum atomic E-state index is -0.243. The fraction of sp³-hybridized carbons (Fsp3) is 0. The monoisotopic (exact) mass is 326 g/mol. The maximum Gasteiger partial charge on any atom is 0.145 e. The van der Waals surface area contributed by atoms with E-state index in [-0.39, 0.29) is 5.83 Å². The Bertz CT molecular complexity index is 770. The third-order valence-electron chi connectivity index (χ3n) is 3.25. The summed E-state index contributed by atoms with van der Waals surface area (Å²) in [6, 6.07) is 23.0. The maximum absolute atomic E-state index is 14.8. The van der Waals surface area contributed by atoms with E-state index in [4.69, 9.17) is 0 Å². The summed E-state index contributed by atoms with van der Waals surface area (Å²) in [5.41, 5.74) is 1.44. The molecule has 0 aliphatic carbocycles. The van der Waals surface area contributed by atoms with Gasteiger partial charge < -0.3 is 0 Å². The van der Waals surface area contributed by atoms with E-state index in [0.29, 0.717) is 10.0 Å². The third kappa shape index (κ3) is 2.39. The first-order valence-corrected chi connectivity index (χ1v) is 7.15. The van der Waals surface area contributed by atoms with Crippen molar-refractivity contribution in [2.45, 2.75) is 0 Å². The Morgan fingerprint density at radius 1 is 0.750 bits per heavy atom. The highest BCUT2D eigenvalue weighted by Crippen LogP contribution is 2.35. The summed E-state index contributed by atoms with van der Waals surface area (Å²) < 4.78 is 15.3. The average molecular weight is 327 g/mol. The van der Waals surface area contributed by atoms with Gasteiger partial charge in [0.15, 0.2) is 0 Å². The Kier molecular flexibility index (Phi) is 3.66.